The molecular formula is C15H29N3O. The van der Waals surface area contributed by atoms with Gasteiger partial charge in [0.15, 0.2) is 0 Å². The number of hydrogen-bond donors (Lipinski definition) is 1. The molecule has 2 fully saturated rings. The number of nitrogens with one attached hydrogen (secondary N) is 1. The summed E-state index contributed by atoms with van der Waals surface area (Å²) in [6.45, 7) is 7.67. The predicted octanol–water partition coefficient (Wildman–Crippen LogP) is 2.45. The van der Waals surface area contributed by atoms with Crippen LogP contribution in [0.4, 0.5) is 4.79 Å². The van der Waals surface area contributed by atoms with Crippen LogP contribution in [-0.2, 0) is 0 Å². The molecule has 0 aliphatic carbocycles. The Balaban J connectivity index is 1.53. The van der Waals surface area contributed by atoms with E-state index in [1.54, 1.807) is 0 Å². The average Bonchev–Trinajstić information content (AvgIpc) is 2.92. The summed E-state index contributed by atoms with van der Waals surface area (Å²) in [4.78, 5) is 16.6. The summed E-state index contributed by atoms with van der Waals surface area (Å²) in [7, 11) is 0. The molecule has 0 saturated carbocycles. The van der Waals surface area contributed by atoms with Crippen molar-refractivity contribution in [2.45, 2.75) is 57.9 Å². The Morgan fingerprint density at radius 2 is 1.84 bits per heavy atom. The van der Waals surface area contributed by atoms with Crippen LogP contribution >= 0.6 is 0 Å². The molecule has 0 aromatic heterocycles. The summed E-state index contributed by atoms with van der Waals surface area (Å²) in [6.07, 6.45) is 8.61. The molecular weight excluding hydrogens is 238 g/mol. The lowest BCUT2D eigenvalue weighted by molar-refractivity contribution is 0.158. The number of piperidine rings is 1. The number of carbonyl (C=O) groups is 1. The molecule has 0 aromatic rings. The maximum Gasteiger partial charge on any atom is 0.317 e. The van der Waals surface area contributed by atoms with E-state index >= 15 is 0 Å². The van der Waals surface area contributed by atoms with E-state index in [4.69, 9.17) is 0 Å². The minimum absolute atomic E-state index is 0.147. The highest BCUT2D eigenvalue weighted by Gasteiger charge is 2.22. The molecule has 1 unspecified atom stereocenters. The molecule has 2 aliphatic heterocycles. The predicted molar refractivity (Wildman–Crippen MR) is 78.3 cm³/mol. The van der Waals surface area contributed by atoms with Crippen LogP contribution in [0.25, 0.3) is 0 Å². The van der Waals surface area contributed by atoms with Gasteiger partial charge in [-0.15, -0.1) is 0 Å². The Morgan fingerprint density at radius 3 is 2.58 bits per heavy atom. The van der Waals surface area contributed by atoms with Gasteiger partial charge in [0.05, 0.1) is 0 Å². The maximum atomic E-state index is 12.0. The normalized spacial score (nSPS) is 24.7. The van der Waals surface area contributed by atoms with Gasteiger partial charge in [0, 0.05) is 19.1 Å². The van der Waals surface area contributed by atoms with Gasteiger partial charge in [-0.25, -0.2) is 4.79 Å². The monoisotopic (exact) mass is 267 g/mol. The third kappa shape index (κ3) is 4.68. The van der Waals surface area contributed by atoms with Crippen LogP contribution in [0.5, 0.6) is 0 Å². The lowest BCUT2D eigenvalue weighted by Gasteiger charge is -2.33. The molecule has 4 heteroatoms. The number of unbranched alkanes of at least 4 members (excludes halogenated alkanes) is 1. The van der Waals surface area contributed by atoms with Crippen LogP contribution < -0.4 is 5.32 Å². The van der Waals surface area contributed by atoms with Crippen molar-refractivity contribution in [2.75, 3.05) is 32.7 Å². The van der Waals surface area contributed by atoms with Crippen LogP contribution in [0, 0.1) is 0 Å². The lowest BCUT2D eigenvalue weighted by atomic mass is 10.0. The van der Waals surface area contributed by atoms with Crippen molar-refractivity contribution in [3.8, 4) is 0 Å². The van der Waals surface area contributed by atoms with Crippen LogP contribution in [0.15, 0.2) is 0 Å². The molecule has 0 spiro atoms. The quantitative estimate of drug-likeness (QED) is 0.777. The fraction of sp³-hybridized carbons (Fsp3) is 0.933. The van der Waals surface area contributed by atoms with Crippen molar-refractivity contribution in [1.82, 2.24) is 15.1 Å². The second kappa shape index (κ2) is 7.73. The van der Waals surface area contributed by atoms with Gasteiger partial charge in [-0.3, -0.25) is 0 Å². The van der Waals surface area contributed by atoms with E-state index < -0.39 is 0 Å². The molecule has 2 saturated heterocycles. The van der Waals surface area contributed by atoms with Crippen LogP contribution in [0.2, 0.25) is 0 Å². The fourth-order valence-corrected chi connectivity index (χ4v) is 3.16. The molecule has 4 nitrogen and oxygen atoms in total. The van der Waals surface area contributed by atoms with E-state index in [0.29, 0.717) is 6.04 Å². The Morgan fingerprint density at radius 1 is 1.11 bits per heavy atom. The highest BCUT2D eigenvalue weighted by molar-refractivity contribution is 5.74. The second-order valence-electron chi connectivity index (χ2n) is 6.03. The number of rotatable bonds is 5. The number of hydrogen-bond acceptors (Lipinski definition) is 2. The third-order valence-electron chi connectivity index (χ3n) is 4.44. The van der Waals surface area contributed by atoms with Gasteiger partial charge in [-0.1, -0.05) is 0 Å². The first kappa shape index (κ1) is 14.6. The van der Waals surface area contributed by atoms with Crippen molar-refractivity contribution in [3.63, 3.8) is 0 Å². The lowest BCUT2D eigenvalue weighted by Crippen LogP contribution is -2.47. The van der Waals surface area contributed by atoms with Gasteiger partial charge in [-0.05, 0) is 71.5 Å². The van der Waals surface area contributed by atoms with Gasteiger partial charge in [0.25, 0.3) is 0 Å². The highest BCUT2D eigenvalue weighted by Crippen LogP contribution is 2.16. The zero-order chi connectivity index (χ0) is 13.5. The summed E-state index contributed by atoms with van der Waals surface area (Å²) in [5.74, 6) is 0. The molecule has 19 heavy (non-hydrogen) atoms. The number of nitrogens with zero attached hydrogens (tertiary/aromatic N) is 2. The largest absolute Gasteiger partial charge is 0.338 e. The summed E-state index contributed by atoms with van der Waals surface area (Å²) in [5.41, 5.74) is 0. The highest BCUT2D eigenvalue weighted by atomic mass is 16.2. The Kier molecular flexibility index (Phi) is 5.95. The van der Waals surface area contributed by atoms with E-state index in [9.17, 15) is 4.79 Å². The van der Waals surface area contributed by atoms with Crippen molar-refractivity contribution in [2.24, 2.45) is 0 Å². The maximum absolute atomic E-state index is 12.0. The minimum atomic E-state index is 0.147. The van der Waals surface area contributed by atoms with E-state index in [2.05, 4.69) is 17.1 Å². The van der Waals surface area contributed by atoms with Crippen molar-refractivity contribution < 1.29 is 4.79 Å². The summed E-state index contributed by atoms with van der Waals surface area (Å²) < 4.78 is 0. The Labute approximate surface area is 117 Å². The number of carbonyl (C=O) groups excluding carboxylic acids is 1. The van der Waals surface area contributed by atoms with E-state index in [1.807, 2.05) is 4.90 Å². The molecule has 0 radical (unpaired) electrons. The van der Waals surface area contributed by atoms with E-state index in [1.165, 1.54) is 45.3 Å². The van der Waals surface area contributed by atoms with Crippen LogP contribution in [0.3, 0.4) is 0 Å². The Hall–Kier alpha value is -0.770. The van der Waals surface area contributed by atoms with Gasteiger partial charge < -0.3 is 15.1 Å². The smallest absolute Gasteiger partial charge is 0.317 e. The number of urea groups is 1. The van der Waals surface area contributed by atoms with E-state index in [-0.39, 0.29) is 6.03 Å². The fourth-order valence-electron chi connectivity index (χ4n) is 3.16. The van der Waals surface area contributed by atoms with Crippen LogP contribution in [-0.4, -0.2) is 54.6 Å². The topological polar surface area (TPSA) is 35.6 Å². The first-order valence-electron chi connectivity index (χ1n) is 8.04. The SMILES string of the molecule is CC1CCCCN1C(=O)NCCCCN1CCCC1. The molecule has 0 bridgehead atoms. The molecule has 0 aromatic carbocycles. The summed E-state index contributed by atoms with van der Waals surface area (Å²) >= 11 is 0. The summed E-state index contributed by atoms with van der Waals surface area (Å²) in [5, 5.41) is 3.08. The van der Waals surface area contributed by atoms with Crippen molar-refractivity contribution in [3.05, 3.63) is 0 Å². The molecule has 1 N–H and O–H groups in total. The first-order valence-corrected chi connectivity index (χ1v) is 8.04. The molecule has 2 heterocycles. The standard InChI is InChI=1S/C15H29N3O/c1-14-8-2-4-13-18(14)15(19)16-9-3-5-10-17-11-6-7-12-17/h14H,2-13H2,1H3,(H,16,19). The zero-order valence-electron chi connectivity index (χ0n) is 12.4. The molecule has 1 atom stereocenters. The minimum Gasteiger partial charge on any atom is -0.338 e. The van der Waals surface area contributed by atoms with Crippen molar-refractivity contribution >= 4 is 6.03 Å². The van der Waals surface area contributed by atoms with Crippen molar-refractivity contribution in [1.29, 1.82) is 0 Å². The van der Waals surface area contributed by atoms with E-state index in [0.717, 1.165) is 32.4 Å². The van der Waals surface area contributed by atoms with Gasteiger partial charge in [-0.2, -0.15) is 0 Å². The zero-order valence-corrected chi connectivity index (χ0v) is 12.4. The van der Waals surface area contributed by atoms with Gasteiger partial charge in [0.1, 0.15) is 0 Å². The molecule has 2 aliphatic rings. The Bertz CT molecular complexity index is 277. The molecule has 2 amide bonds. The second-order valence-corrected chi connectivity index (χ2v) is 6.03. The van der Waals surface area contributed by atoms with Crippen LogP contribution in [0.1, 0.15) is 51.9 Å². The third-order valence-corrected chi connectivity index (χ3v) is 4.44. The first-order chi connectivity index (χ1) is 9.27. The summed E-state index contributed by atoms with van der Waals surface area (Å²) in [6, 6.07) is 0.562. The average molecular weight is 267 g/mol. The molecule has 2 rings (SSSR count). The number of amides is 2. The molecule has 110 valence electrons. The van der Waals surface area contributed by atoms with Gasteiger partial charge in [0.2, 0.25) is 0 Å². The number of likely N-dealkylation sites (tertiary alicyclic amines) is 2. The van der Waals surface area contributed by atoms with Gasteiger partial charge >= 0.3 is 6.03 Å².